The molecule has 1 heterocycles. The molecule has 1 aliphatic heterocycles. The van der Waals surface area contributed by atoms with E-state index in [0.29, 0.717) is 23.9 Å². The summed E-state index contributed by atoms with van der Waals surface area (Å²) in [4.78, 5) is 26.1. The van der Waals surface area contributed by atoms with Crippen LogP contribution in [-0.2, 0) is 16.1 Å². The van der Waals surface area contributed by atoms with Crippen LogP contribution >= 0.6 is 11.6 Å². The first kappa shape index (κ1) is 17.3. The van der Waals surface area contributed by atoms with Crippen molar-refractivity contribution in [3.05, 3.63) is 58.6 Å². The number of ether oxygens (including phenoxy) is 1. The van der Waals surface area contributed by atoms with E-state index in [0.717, 1.165) is 16.8 Å². The average Bonchev–Trinajstić information content (AvgIpc) is 2.80. The van der Waals surface area contributed by atoms with Gasteiger partial charge in [-0.05, 0) is 42.8 Å². The highest BCUT2D eigenvalue weighted by Crippen LogP contribution is 2.39. The topological polar surface area (TPSA) is 58.6 Å². The molecule has 3 rings (SSSR count). The van der Waals surface area contributed by atoms with E-state index in [4.69, 9.17) is 16.3 Å². The number of carbonyl (C=O) groups excluding carboxylic acids is 2. The molecule has 130 valence electrons. The maximum Gasteiger partial charge on any atom is 0.254 e. The number of nitrogens with one attached hydrogen (secondary N) is 1. The van der Waals surface area contributed by atoms with Gasteiger partial charge in [0.2, 0.25) is 5.91 Å². The predicted octanol–water partition coefficient (Wildman–Crippen LogP) is 3.46. The van der Waals surface area contributed by atoms with Crippen molar-refractivity contribution in [3.63, 3.8) is 0 Å². The summed E-state index contributed by atoms with van der Waals surface area (Å²) in [6.45, 7) is 4.22. The van der Waals surface area contributed by atoms with Crippen molar-refractivity contribution in [1.82, 2.24) is 5.32 Å². The molecular weight excluding hydrogens is 340 g/mol. The number of nitrogens with zero attached hydrogens (tertiary/aromatic N) is 1. The highest BCUT2D eigenvalue weighted by molar-refractivity contribution is 6.30. The van der Waals surface area contributed by atoms with Crippen molar-refractivity contribution < 1.29 is 14.3 Å². The van der Waals surface area contributed by atoms with E-state index < -0.39 is 6.04 Å². The SMILES string of the molecule is CCOc1ccc2c(c1)[C@H](NC(C)=O)C(=O)N2Cc1cccc(Cl)c1. The fourth-order valence-electron chi connectivity index (χ4n) is 3.00. The summed E-state index contributed by atoms with van der Waals surface area (Å²) in [5.41, 5.74) is 2.43. The van der Waals surface area contributed by atoms with Gasteiger partial charge in [-0.2, -0.15) is 0 Å². The Hall–Kier alpha value is -2.53. The Labute approximate surface area is 151 Å². The van der Waals surface area contributed by atoms with E-state index >= 15 is 0 Å². The van der Waals surface area contributed by atoms with E-state index in [2.05, 4.69) is 5.32 Å². The van der Waals surface area contributed by atoms with E-state index in [-0.39, 0.29) is 11.8 Å². The molecule has 0 aromatic heterocycles. The number of fused-ring (bicyclic) bond motifs is 1. The van der Waals surface area contributed by atoms with Gasteiger partial charge in [0.25, 0.3) is 5.91 Å². The average molecular weight is 359 g/mol. The minimum atomic E-state index is -0.702. The van der Waals surface area contributed by atoms with Crippen molar-refractivity contribution in [3.8, 4) is 5.75 Å². The Bertz CT molecular complexity index is 822. The van der Waals surface area contributed by atoms with Gasteiger partial charge in [-0.3, -0.25) is 9.59 Å². The Morgan fingerprint density at radius 1 is 1.28 bits per heavy atom. The van der Waals surface area contributed by atoms with Gasteiger partial charge in [-0.25, -0.2) is 0 Å². The van der Waals surface area contributed by atoms with Gasteiger partial charge < -0.3 is 15.0 Å². The van der Waals surface area contributed by atoms with Crippen molar-refractivity contribution in [1.29, 1.82) is 0 Å². The lowest BCUT2D eigenvalue weighted by Gasteiger charge is -2.18. The second kappa shape index (κ2) is 7.15. The molecule has 25 heavy (non-hydrogen) atoms. The van der Waals surface area contributed by atoms with Crippen LogP contribution in [0.5, 0.6) is 5.75 Å². The summed E-state index contributed by atoms with van der Waals surface area (Å²) >= 11 is 6.04. The van der Waals surface area contributed by atoms with E-state index in [1.165, 1.54) is 6.92 Å². The fourth-order valence-corrected chi connectivity index (χ4v) is 3.21. The molecule has 0 spiro atoms. The molecule has 0 saturated heterocycles. The first-order valence-corrected chi connectivity index (χ1v) is 8.47. The standard InChI is InChI=1S/C19H19ClN2O3/c1-3-25-15-7-8-17-16(10-15)18(21-12(2)23)19(24)22(17)11-13-5-4-6-14(20)9-13/h4-10,18H,3,11H2,1-2H3,(H,21,23)/t18-/m0/s1. The van der Waals surface area contributed by atoms with Crippen molar-refractivity contribution in [2.45, 2.75) is 26.4 Å². The van der Waals surface area contributed by atoms with Crippen molar-refractivity contribution in [2.75, 3.05) is 11.5 Å². The highest BCUT2D eigenvalue weighted by atomic mass is 35.5. The predicted molar refractivity (Wildman–Crippen MR) is 96.8 cm³/mol. The van der Waals surface area contributed by atoms with Gasteiger partial charge in [0.1, 0.15) is 11.8 Å². The van der Waals surface area contributed by atoms with E-state index in [1.54, 1.807) is 11.0 Å². The number of benzene rings is 2. The van der Waals surface area contributed by atoms with Crippen LogP contribution < -0.4 is 15.0 Å². The molecule has 1 atom stereocenters. The van der Waals surface area contributed by atoms with Crippen LogP contribution in [-0.4, -0.2) is 18.4 Å². The molecule has 2 aromatic rings. The maximum absolute atomic E-state index is 12.9. The van der Waals surface area contributed by atoms with Crippen molar-refractivity contribution in [2.24, 2.45) is 0 Å². The molecule has 0 saturated carbocycles. The smallest absolute Gasteiger partial charge is 0.254 e. The fraction of sp³-hybridized carbons (Fsp3) is 0.263. The number of amides is 2. The minimum absolute atomic E-state index is 0.168. The second-order valence-corrected chi connectivity index (χ2v) is 6.28. The lowest BCUT2D eigenvalue weighted by Crippen LogP contribution is -2.36. The zero-order valence-corrected chi connectivity index (χ0v) is 14.8. The molecule has 6 heteroatoms. The summed E-state index contributed by atoms with van der Waals surface area (Å²) in [5, 5.41) is 3.35. The Balaban J connectivity index is 1.97. The van der Waals surface area contributed by atoms with Gasteiger partial charge in [-0.1, -0.05) is 23.7 Å². The summed E-state index contributed by atoms with van der Waals surface area (Å²) in [7, 11) is 0. The van der Waals surface area contributed by atoms with Crippen LogP contribution in [0.15, 0.2) is 42.5 Å². The van der Waals surface area contributed by atoms with Gasteiger partial charge in [-0.15, -0.1) is 0 Å². The number of rotatable bonds is 5. The number of carbonyl (C=O) groups is 2. The Morgan fingerprint density at radius 2 is 2.08 bits per heavy atom. The van der Waals surface area contributed by atoms with E-state index in [9.17, 15) is 9.59 Å². The number of anilines is 1. The monoisotopic (exact) mass is 358 g/mol. The van der Waals surface area contributed by atoms with Crippen LogP contribution in [0.3, 0.4) is 0 Å². The number of hydrogen-bond acceptors (Lipinski definition) is 3. The quantitative estimate of drug-likeness (QED) is 0.890. The Kier molecular flexibility index (Phi) is 4.95. The zero-order valence-electron chi connectivity index (χ0n) is 14.1. The Morgan fingerprint density at radius 3 is 2.76 bits per heavy atom. The normalized spacial score (nSPS) is 15.9. The number of halogens is 1. The molecule has 0 fully saturated rings. The van der Waals surface area contributed by atoms with Gasteiger partial charge in [0.05, 0.1) is 18.8 Å². The third-order valence-corrected chi connectivity index (χ3v) is 4.24. The summed E-state index contributed by atoms with van der Waals surface area (Å²) < 4.78 is 5.53. The van der Waals surface area contributed by atoms with Crippen LogP contribution in [0.2, 0.25) is 5.02 Å². The maximum atomic E-state index is 12.9. The van der Waals surface area contributed by atoms with Gasteiger partial charge >= 0.3 is 0 Å². The lowest BCUT2D eigenvalue weighted by atomic mass is 10.1. The molecule has 2 amide bonds. The van der Waals surface area contributed by atoms with E-state index in [1.807, 2.05) is 43.3 Å². The molecule has 0 unspecified atom stereocenters. The summed E-state index contributed by atoms with van der Waals surface area (Å²) in [6.07, 6.45) is 0. The molecule has 0 bridgehead atoms. The third-order valence-electron chi connectivity index (χ3n) is 4.00. The van der Waals surface area contributed by atoms with Gasteiger partial charge in [0, 0.05) is 17.5 Å². The second-order valence-electron chi connectivity index (χ2n) is 5.84. The number of hydrogen-bond donors (Lipinski definition) is 1. The zero-order chi connectivity index (χ0) is 18.0. The third kappa shape index (κ3) is 3.61. The summed E-state index contributed by atoms with van der Waals surface area (Å²) in [6, 6.07) is 12.2. The minimum Gasteiger partial charge on any atom is -0.494 e. The first-order valence-electron chi connectivity index (χ1n) is 8.09. The molecule has 5 nitrogen and oxygen atoms in total. The van der Waals surface area contributed by atoms with Crippen LogP contribution in [0.4, 0.5) is 5.69 Å². The molecule has 2 aromatic carbocycles. The van der Waals surface area contributed by atoms with Crippen molar-refractivity contribution >= 4 is 29.1 Å². The molecule has 0 aliphatic carbocycles. The molecule has 1 N–H and O–H groups in total. The molecular formula is C19H19ClN2O3. The summed E-state index contributed by atoms with van der Waals surface area (Å²) in [5.74, 6) is 0.253. The highest BCUT2D eigenvalue weighted by Gasteiger charge is 2.38. The largest absolute Gasteiger partial charge is 0.494 e. The first-order chi connectivity index (χ1) is 12.0. The molecule has 1 aliphatic rings. The lowest BCUT2D eigenvalue weighted by molar-refractivity contribution is -0.126. The van der Waals surface area contributed by atoms with Crippen LogP contribution in [0.1, 0.15) is 31.0 Å². The van der Waals surface area contributed by atoms with Gasteiger partial charge in [0.15, 0.2) is 0 Å². The van der Waals surface area contributed by atoms with Crippen LogP contribution in [0, 0.1) is 0 Å². The molecule has 0 radical (unpaired) electrons. The van der Waals surface area contributed by atoms with Crippen LogP contribution in [0.25, 0.3) is 0 Å².